The summed E-state index contributed by atoms with van der Waals surface area (Å²) in [5, 5.41) is 12.1. The number of aliphatic imine (C=N–C) groups is 1. The third kappa shape index (κ3) is 5.91. The summed E-state index contributed by atoms with van der Waals surface area (Å²) in [6, 6.07) is 21.7. The van der Waals surface area contributed by atoms with Crippen LogP contribution >= 0.6 is 0 Å². The second-order valence-corrected chi connectivity index (χ2v) is 7.48. The molecule has 3 aromatic carbocycles. The highest BCUT2D eigenvalue weighted by molar-refractivity contribution is 6.17. The zero-order valence-electron chi connectivity index (χ0n) is 18.8. The summed E-state index contributed by atoms with van der Waals surface area (Å²) in [6.07, 6.45) is 0.0288. The van der Waals surface area contributed by atoms with Crippen LogP contribution in [0.1, 0.15) is 28.7 Å². The Morgan fingerprint density at radius 2 is 1.89 bits per heavy atom. The molecule has 0 saturated carbocycles. The van der Waals surface area contributed by atoms with E-state index in [0.717, 1.165) is 5.56 Å². The molecule has 0 aliphatic carbocycles. The van der Waals surface area contributed by atoms with E-state index >= 15 is 0 Å². The Kier molecular flexibility index (Phi) is 7.17. The van der Waals surface area contributed by atoms with E-state index in [0.29, 0.717) is 39.5 Å². The Bertz CT molecular complexity index is 1410. The number of ether oxygens (including phenoxy) is 1. The molecule has 0 atom stereocenters. The van der Waals surface area contributed by atoms with Crippen LogP contribution in [0.4, 0.5) is 11.4 Å². The minimum atomic E-state index is -0.477. The average Bonchev–Trinajstić information content (AvgIpc) is 3.04. The number of anilines is 1. The minimum Gasteiger partial charge on any atom is -0.482 e. The Labute approximate surface area is 202 Å². The van der Waals surface area contributed by atoms with Crippen molar-refractivity contribution in [2.75, 3.05) is 19.0 Å². The number of carbonyl (C=O) groups is 2. The van der Waals surface area contributed by atoms with Crippen molar-refractivity contribution in [3.8, 4) is 23.7 Å². The number of carbonyl (C=O) groups excluding carboxylic acids is 2. The first-order valence-electron chi connectivity index (χ1n) is 10.6. The van der Waals surface area contributed by atoms with Crippen LogP contribution in [-0.2, 0) is 14.4 Å². The second kappa shape index (κ2) is 10.8. The molecule has 0 spiro atoms. The largest absolute Gasteiger partial charge is 0.482 e. The van der Waals surface area contributed by atoms with E-state index in [1.54, 1.807) is 36.4 Å². The number of benzene rings is 3. The molecular weight excluding hydrogens is 444 g/mol. The molecule has 1 heterocycles. The molecule has 0 aromatic heterocycles. The number of nitrogens with one attached hydrogen (secondary N) is 2. The van der Waals surface area contributed by atoms with E-state index in [1.807, 2.05) is 30.3 Å². The number of amides is 2. The van der Waals surface area contributed by atoms with Gasteiger partial charge >= 0.3 is 0 Å². The first kappa shape index (κ1) is 23.2. The molecule has 1 aliphatic rings. The van der Waals surface area contributed by atoms with E-state index in [2.05, 4.69) is 38.5 Å². The van der Waals surface area contributed by atoms with Gasteiger partial charge in [-0.1, -0.05) is 42.2 Å². The van der Waals surface area contributed by atoms with Crippen LogP contribution in [0.15, 0.2) is 71.7 Å². The molecule has 0 unspecified atom stereocenters. The van der Waals surface area contributed by atoms with Crippen LogP contribution in [0.25, 0.3) is 0 Å². The second-order valence-electron chi connectivity index (χ2n) is 7.48. The van der Waals surface area contributed by atoms with Crippen molar-refractivity contribution in [2.45, 2.75) is 6.42 Å². The van der Waals surface area contributed by atoms with Gasteiger partial charge in [-0.05, 0) is 35.9 Å². The fourth-order valence-corrected chi connectivity index (χ4v) is 3.39. The fraction of sp³-hybridized carbons (Fsp3) is 0.111. The quantitative estimate of drug-likeness (QED) is 0.443. The Hall–Kier alpha value is -4.92. The van der Waals surface area contributed by atoms with Crippen molar-refractivity contribution in [1.82, 2.24) is 5.48 Å². The maximum absolute atomic E-state index is 12.7. The summed E-state index contributed by atoms with van der Waals surface area (Å²) in [4.78, 5) is 33.9. The smallest absolute Gasteiger partial charge is 0.281 e. The third-order valence-electron chi connectivity index (χ3n) is 4.97. The minimum absolute atomic E-state index is 0.0288. The van der Waals surface area contributed by atoms with Crippen LogP contribution in [-0.4, -0.2) is 31.2 Å². The third-order valence-corrected chi connectivity index (χ3v) is 4.97. The fourth-order valence-electron chi connectivity index (χ4n) is 3.39. The summed E-state index contributed by atoms with van der Waals surface area (Å²) in [5.74, 6) is 5.71. The highest BCUT2D eigenvalue weighted by atomic mass is 16.6. The summed E-state index contributed by atoms with van der Waals surface area (Å²) in [5.41, 5.74) is 6.02. The molecule has 3 aromatic rings. The molecule has 0 saturated heterocycles. The zero-order chi connectivity index (χ0) is 24.6. The van der Waals surface area contributed by atoms with Crippen molar-refractivity contribution in [3.05, 3.63) is 89.0 Å². The van der Waals surface area contributed by atoms with Gasteiger partial charge in [0.05, 0.1) is 47.8 Å². The molecule has 4 rings (SSSR count). The maximum Gasteiger partial charge on any atom is 0.281 e. The first-order chi connectivity index (χ1) is 17.1. The van der Waals surface area contributed by atoms with E-state index < -0.39 is 5.91 Å². The molecule has 2 N–H and O–H groups in total. The van der Waals surface area contributed by atoms with Gasteiger partial charge in [0.25, 0.3) is 5.91 Å². The van der Waals surface area contributed by atoms with Crippen molar-refractivity contribution < 1.29 is 19.2 Å². The molecule has 172 valence electrons. The van der Waals surface area contributed by atoms with Crippen LogP contribution in [0.5, 0.6) is 5.75 Å². The number of fused-ring (bicyclic) bond motifs is 1. The summed E-state index contributed by atoms with van der Waals surface area (Å²) in [7, 11) is 1.33. The summed E-state index contributed by atoms with van der Waals surface area (Å²) < 4.78 is 5.73. The standard InChI is InChI=1S/C27H20N4O4/c1-34-31-27(33)17-35-25-14-24-23(13-21(25)11-10-18-6-3-2-4-7-18)30-26(32)15-22(29-24)20-9-5-8-19(12-20)16-28/h2-9,12-14H,15,17H2,1H3,(H,30,32)(H,31,33). The lowest BCUT2D eigenvalue weighted by Gasteiger charge is -2.12. The van der Waals surface area contributed by atoms with Crippen molar-refractivity contribution in [3.63, 3.8) is 0 Å². The van der Waals surface area contributed by atoms with Crippen molar-refractivity contribution in [2.24, 2.45) is 4.99 Å². The lowest BCUT2D eigenvalue weighted by atomic mass is 10.0. The van der Waals surface area contributed by atoms with Crippen LogP contribution in [0.3, 0.4) is 0 Å². The number of hydrogen-bond acceptors (Lipinski definition) is 6. The molecule has 8 heteroatoms. The SMILES string of the molecule is CONC(=O)COc1cc2c(cc1C#Cc1ccccc1)NC(=O)CC(c1cccc(C#N)c1)=N2. The number of rotatable bonds is 5. The number of nitriles is 1. The molecular formula is C27H20N4O4. The van der Waals surface area contributed by atoms with Crippen molar-refractivity contribution in [1.29, 1.82) is 5.26 Å². The van der Waals surface area contributed by atoms with Gasteiger partial charge < -0.3 is 10.1 Å². The first-order valence-corrected chi connectivity index (χ1v) is 10.6. The number of hydroxylamine groups is 1. The Morgan fingerprint density at radius 3 is 2.66 bits per heavy atom. The van der Waals surface area contributed by atoms with Gasteiger partial charge in [0.15, 0.2) is 6.61 Å². The molecule has 1 aliphatic heterocycles. The summed E-state index contributed by atoms with van der Waals surface area (Å²) in [6.45, 7) is -0.306. The normalized spacial score (nSPS) is 12.0. The van der Waals surface area contributed by atoms with Gasteiger partial charge in [-0.2, -0.15) is 5.26 Å². The highest BCUT2D eigenvalue weighted by Crippen LogP contribution is 2.35. The molecule has 0 radical (unpaired) electrons. The van der Waals surface area contributed by atoms with Crippen LogP contribution in [0.2, 0.25) is 0 Å². The number of hydrogen-bond donors (Lipinski definition) is 2. The monoisotopic (exact) mass is 464 g/mol. The predicted molar refractivity (Wildman–Crippen MR) is 130 cm³/mol. The van der Waals surface area contributed by atoms with Gasteiger partial charge in [0.2, 0.25) is 5.91 Å². The van der Waals surface area contributed by atoms with Gasteiger partial charge in [-0.25, -0.2) is 10.5 Å². The molecule has 8 nitrogen and oxygen atoms in total. The molecule has 35 heavy (non-hydrogen) atoms. The lowest BCUT2D eigenvalue weighted by Crippen LogP contribution is -2.27. The van der Waals surface area contributed by atoms with Gasteiger partial charge in [0.1, 0.15) is 5.75 Å². The lowest BCUT2D eigenvalue weighted by molar-refractivity contribution is -0.133. The van der Waals surface area contributed by atoms with E-state index in [9.17, 15) is 14.9 Å². The molecule has 0 fully saturated rings. The topological polar surface area (TPSA) is 113 Å². The Morgan fingerprint density at radius 1 is 1.09 bits per heavy atom. The number of nitrogens with zero attached hydrogens (tertiary/aromatic N) is 2. The zero-order valence-corrected chi connectivity index (χ0v) is 18.8. The summed E-state index contributed by atoms with van der Waals surface area (Å²) >= 11 is 0. The maximum atomic E-state index is 12.7. The van der Waals surface area contributed by atoms with E-state index in [-0.39, 0.29) is 18.9 Å². The van der Waals surface area contributed by atoms with Gasteiger partial charge in [-0.3, -0.25) is 14.4 Å². The molecule has 0 bridgehead atoms. The van der Waals surface area contributed by atoms with Crippen LogP contribution in [0, 0.1) is 23.2 Å². The van der Waals surface area contributed by atoms with Crippen molar-refractivity contribution >= 4 is 28.9 Å². The van der Waals surface area contributed by atoms with E-state index in [4.69, 9.17) is 4.74 Å². The Balaban J connectivity index is 1.78. The van der Waals surface area contributed by atoms with Gasteiger partial charge in [-0.15, -0.1) is 0 Å². The van der Waals surface area contributed by atoms with Crippen LogP contribution < -0.4 is 15.5 Å². The van der Waals surface area contributed by atoms with Gasteiger partial charge in [0, 0.05) is 11.6 Å². The highest BCUT2D eigenvalue weighted by Gasteiger charge is 2.20. The average molecular weight is 464 g/mol. The predicted octanol–water partition coefficient (Wildman–Crippen LogP) is 3.48. The molecule has 2 amide bonds. The van der Waals surface area contributed by atoms with E-state index in [1.165, 1.54) is 7.11 Å².